The zero-order valence-electron chi connectivity index (χ0n) is 14.5. The van der Waals surface area contributed by atoms with Crippen molar-refractivity contribution in [2.75, 3.05) is 13.2 Å². The molecule has 1 N–H and O–H groups in total. The van der Waals surface area contributed by atoms with E-state index in [0.29, 0.717) is 23.9 Å². The normalized spacial score (nSPS) is 16.4. The number of carbonyl (C=O) groups is 3. The molecule has 0 unspecified atom stereocenters. The number of furan rings is 1. The van der Waals surface area contributed by atoms with Gasteiger partial charge in [-0.05, 0) is 29.8 Å². The van der Waals surface area contributed by atoms with Crippen LogP contribution in [0, 0.1) is 5.92 Å². The molecule has 7 nitrogen and oxygen atoms in total. The molecule has 1 fully saturated rings. The lowest BCUT2D eigenvalue weighted by atomic mass is 10.1. The first-order valence-electron chi connectivity index (χ1n) is 8.49. The first kappa shape index (κ1) is 19.0. The van der Waals surface area contributed by atoms with Crippen molar-refractivity contribution in [3.63, 3.8) is 0 Å². The van der Waals surface area contributed by atoms with Crippen molar-refractivity contribution in [3.05, 3.63) is 59.0 Å². The average Bonchev–Trinajstić information content (AvgIpc) is 3.30. The molecule has 0 bridgehead atoms. The fourth-order valence-corrected chi connectivity index (χ4v) is 2.91. The Morgan fingerprint density at radius 1 is 1.26 bits per heavy atom. The van der Waals surface area contributed by atoms with Crippen LogP contribution in [0.1, 0.15) is 17.7 Å². The SMILES string of the molecule is O=C(COC(=O)[C@H]1CC(=O)N(Cc2ccco2)C1)NCc1ccc(Cl)cc1. The highest BCUT2D eigenvalue weighted by atomic mass is 35.5. The third-order valence-electron chi connectivity index (χ3n) is 4.22. The Hall–Kier alpha value is -2.80. The number of benzene rings is 1. The molecule has 1 aromatic heterocycles. The Morgan fingerprint density at radius 2 is 2.04 bits per heavy atom. The largest absolute Gasteiger partial charge is 0.467 e. The monoisotopic (exact) mass is 390 g/mol. The second-order valence-corrected chi connectivity index (χ2v) is 6.70. The molecule has 1 saturated heterocycles. The topological polar surface area (TPSA) is 88.9 Å². The van der Waals surface area contributed by atoms with E-state index in [1.807, 2.05) is 0 Å². The van der Waals surface area contributed by atoms with Crippen LogP contribution < -0.4 is 5.32 Å². The van der Waals surface area contributed by atoms with Crippen molar-refractivity contribution in [3.8, 4) is 0 Å². The fourth-order valence-electron chi connectivity index (χ4n) is 2.78. The number of carbonyl (C=O) groups excluding carboxylic acids is 3. The van der Waals surface area contributed by atoms with Gasteiger partial charge in [0.05, 0.1) is 18.7 Å². The van der Waals surface area contributed by atoms with Gasteiger partial charge in [0.2, 0.25) is 5.91 Å². The molecule has 1 aliphatic heterocycles. The van der Waals surface area contributed by atoms with Gasteiger partial charge in [0, 0.05) is 24.5 Å². The second-order valence-electron chi connectivity index (χ2n) is 6.27. The lowest BCUT2D eigenvalue weighted by Gasteiger charge is -2.14. The molecule has 2 aromatic rings. The summed E-state index contributed by atoms with van der Waals surface area (Å²) in [4.78, 5) is 37.5. The molecular formula is C19H19ClN2O5. The highest BCUT2D eigenvalue weighted by molar-refractivity contribution is 6.30. The lowest BCUT2D eigenvalue weighted by molar-refractivity contribution is -0.152. The number of nitrogens with zero attached hydrogens (tertiary/aromatic N) is 1. The molecule has 1 atom stereocenters. The number of ether oxygens (including phenoxy) is 1. The van der Waals surface area contributed by atoms with Gasteiger partial charge in [0.25, 0.3) is 5.91 Å². The number of esters is 1. The minimum Gasteiger partial charge on any atom is -0.467 e. The molecule has 8 heteroatoms. The summed E-state index contributed by atoms with van der Waals surface area (Å²) in [7, 11) is 0. The number of hydrogen-bond donors (Lipinski definition) is 1. The van der Waals surface area contributed by atoms with E-state index in [4.69, 9.17) is 20.8 Å². The zero-order chi connectivity index (χ0) is 19.2. The van der Waals surface area contributed by atoms with Crippen LogP contribution in [0.15, 0.2) is 47.1 Å². The van der Waals surface area contributed by atoms with E-state index in [0.717, 1.165) is 5.56 Å². The van der Waals surface area contributed by atoms with Crippen LogP contribution in [0.3, 0.4) is 0 Å². The molecule has 142 valence electrons. The third kappa shape index (κ3) is 5.34. The number of halogens is 1. The maximum absolute atomic E-state index is 12.1. The van der Waals surface area contributed by atoms with Crippen molar-refractivity contribution in [2.45, 2.75) is 19.5 Å². The Morgan fingerprint density at radius 3 is 2.74 bits per heavy atom. The Kier molecular flexibility index (Phi) is 6.13. The van der Waals surface area contributed by atoms with Crippen molar-refractivity contribution < 1.29 is 23.5 Å². The van der Waals surface area contributed by atoms with Gasteiger partial charge in [-0.15, -0.1) is 0 Å². The average molecular weight is 391 g/mol. The van der Waals surface area contributed by atoms with Gasteiger partial charge in [0.15, 0.2) is 6.61 Å². The van der Waals surface area contributed by atoms with Gasteiger partial charge in [-0.1, -0.05) is 23.7 Å². The molecular weight excluding hydrogens is 372 g/mol. The molecule has 27 heavy (non-hydrogen) atoms. The highest BCUT2D eigenvalue weighted by Gasteiger charge is 2.35. The van der Waals surface area contributed by atoms with Gasteiger partial charge >= 0.3 is 5.97 Å². The number of likely N-dealkylation sites (tertiary alicyclic amines) is 1. The Balaban J connectivity index is 1.40. The van der Waals surface area contributed by atoms with E-state index in [2.05, 4.69) is 5.32 Å². The minimum absolute atomic E-state index is 0.0753. The number of rotatable bonds is 7. The van der Waals surface area contributed by atoms with Gasteiger partial charge < -0.3 is 19.4 Å². The summed E-state index contributed by atoms with van der Waals surface area (Å²) in [5, 5.41) is 3.28. The van der Waals surface area contributed by atoms with Crippen LogP contribution in [-0.2, 0) is 32.2 Å². The molecule has 2 heterocycles. The van der Waals surface area contributed by atoms with Crippen molar-refractivity contribution in [2.24, 2.45) is 5.92 Å². The van der Waals surface area contributed by atoms with E-state index >= 15 is 0 Å². The first-order valence-corrected chi connectivity index (χ1v) is 8.87. The van der Waals surface area contributed by atoms with Gasteiger partial charge in [0.1, 0.15) is 5.76 Å². The van der Waals surface area contributed by atoms with E-state index in [1.165, 1.54) is 6.26 Å². The fraction of sp³-hybridized carbons (Fsp3) is 0.316. The number of nitrogens with one attached hydrogen (secondary N) is 1. The van der Waals surface area contributed by atoms with Gasteiger partial charge in [-0.25, -0.2) is 0 Å². The maximum atomic E-state index is 12.1. The molecule has 0 saturated carbocycles. The van der Waals surface area contributed by atoms with E-state index in [1.54, 1.807) is 41.3 Å². The van der Waals surface area contributed by atoms with Crippen LogP contribution in [0.5, 0.6) is 0 Å². The van der Waals surface area contributed by atoms with Crippen molar-refractivity contribution in [1.29, 1.82) is 0 Å². The summed E-state index contributed by atoms with van der Waals surface area (Å²) in [6, 6.07) is 10.6. The first-order chi connectivity index (χ1) is 13.0. The summed E-state index contributed by atoms with van der Waals surface area (Å²) in [6.07, 6.45) is 1.61. The predicted molar refractivity (Wildman–Crippen MR) is 96.5 cm³/mol. The molecule has 0 spiro atoms. The quantitative estimate of drug-likeness (QED) is 0.732. The molecule has 1 aromatic carbocycles. The minimum atomic E-state index is -0.573. The zero-order valence-corrected chi connectivity index (χ0v) is 15.3. The van der Waals surface area contributed by atoms with Crippen LogP contribution in [0.2, 0.25) is 5.02 Å². The third-order valence-corrected chi connectivity index (χ3v) is 4.48. The van der Waals surface area contributed by atoms with E-state index in [-0.39, 0.29) is 25.5 Å². The van der Waals surface area contributed by atoms with Crippen molar-refractivity contribution in [1.82, 2.24) is 10.2 Å². The van der Waals surface area contributed by atoms with Crippen LogP contribution >= 0.6 is 11.6 Å². The second kappa shape index (κ2) is 8.73. The summed E-state index contributed by atoms with van der Waals surface area (Å²) in [5.74, 6) is -1.02. The highest BCUT2D eigenvalue weighted by Crippen LogP contribution is 2.21. The Bertz CT molecular complexity index is 804. The van der Waals surface area contributed by atoms with Crippen LogP contribution in [0.25, 0.3) is 0 Å². The molecule has 1 aliphatic rings. The lowest BCUT2D eigenvalue weighted by Crippen LogP contribution is -2.31. The predicted octanol–water partition coefficient (Wildman–Crippen LogP) is 2.14. The number of hydrogen-bond acceptors (Lipinski definition) is 5. The summed E-state index contributed by atoms with van der Waals surface area (Å²) in [5.41, 5.74) is 0.883. The van der Waals surface area contributed by atoms with Crippen LogP contribution in [-0.4, -0.2) is 35.8 Å². The van der Waals surface area contributed by atoms with Gasteiger partial charge in [-0.3, -0.25) is 14.4 Å². The van der Waals surface area contributed by atoms with Crippen molar-refractivity contribution >= 4 is 29.4 Å². The maximum Gasteiger partial charge on any atom is 0.311 e. The summed E-state index contributed by atoms with van der Waals surface area (Å²) >= 11 is 5.80. The molecule has 0 radical (unpaired) electrons. The Labute approximate surface area is 161 Å². The number of amides is 2. The van der Waals surface area contributed by atoms with E-state index in [9.17, 15) is 14.4 Å². The standard InChI is InChI=1S/C19H19ClN2O5/c20-15-5-3-13(4-6-15)9-21-17(23)12-27-19(25)14-8-18(24)22(10-14)11-16-2-1-7-26-16/h1-7,14H,8-12H2,(H,21,23)/t14-/m0/s1. The molecule has 3 rings (SSSR count). The summed E-state index contributed by atoms with van der Waals surface area (Å²) in [6.45, 7) is 0.504. The molecule has 0 aliphatic carbocycles. The smallest absolute Gasteiger partial charge is 0.311 e. The summed E-state index contributed by atoms with van der Waals surface area (Å²) < 4.78 is 10.3. The molecule has 2 amide bonds. The van der Waals surface area contributed by atoms with E-state index < -0.39 is 17.8 Å². The van der Waals surface area contributed by atoms with Crippen LogP contribution in [0.4, 0.5) is 0 Å². The van der Waals surface area contributed by atoms with Gasteiger partial charge in [-0.2, -0.15) is 0 Å².